The predicted molar refractivity (Wildman–Crippen MR) is 121 cm³/mol. The molecule has 3 heterocycles. The van der Waals surface area contributed by atoms with Crippen LogP contribution < -0.4 is 10.9 Å². The zero-order valence-electron chi connectivity index (χ0n) is 18.3. The molecule has 2 aromatic heterocycles. The van der Waals surface area contributed by atoms with Crippen molar-refractivity contribution >= 4 is 5.57 Å². The molecule has 1 aliphatic heterocycles. The Bertz CT molecular complexity index is 1320. The van der Waals surface area contributed by atoms with Gasteiger partial charge in [-0.25, -0.2) is 22.8 Å². The SMILES string of the molecule is O=c1ccc(C2=CC(F)=C(F)C(F)C2)nn1Cc1cccc(-c2ncc(C3CCNCC3)o2)c1. The molecule has 0 spiro atoms. The van der Waals surface area contributed by atoms with Gasteiger partial charge in [0.15, 0.2) is 17.8 Å². The Morgan fingerprint density at radius 1 is 1.15 bits per heavy atom. The fourth-order valence-corrected chi connectivity index (χ4v) is 4.32. The highest BCUT2D eigenvalue weighted by Crippen LogP contribution is 2.33. The summed E-state index contributed by atoms with van der Waals surface area (Å²) in [6.07, 6.45) is 2.31. The Kier molecular flexibility index (Phi) is 6.19. The third-order valence-corrected chi connectivity index (χ3v) is 6.17. The summed E-state index contributed by atoms with van der Waals surface area (Å²) in [5.41, 5.74) is 1.61. The average molecular weight is 468 g/mol. The standard InChI is InChI=1S/C25H23F3N4O2/c26-19-11-18(12-20(27)24(19)28)21-4-5-23(33)32(31-21)14-15-2-1-3-17(10-15)25-30-13-22(34-25)16-6-8-29-9-7-16/h1-5,10-11,13,16,20,29H,6-9,12,14H2. The average Bonchev–Trinajstić information content (AvgIpc) is 3.35. The van der Waals surface area contributed by atoms with Gasteiger partial charge in [-0.2, -0.15) is 5.10 Å². The van der Waals surface area contributed by atoms with Crippen LogP contribution in [0, 0.1) is 0 Å². The minimum Gasteiger partial charge on any atom is -0.441 e. The van der Waals surface area contributed by atoms with Crippen molar-refractivity contribution in [3.8, 4) is 11.5 Å². The van der Waals surface area contributed by atoms with Crippen LogP contribution in [0.5, 0.6) is 0 Å². The molecule has 9 heteroatoms. The molecule has 0 radical (unpaired) electrons. The fourth-order valence-electron chi connectivity index (χ4n) is 4.32. The van der Waals surface area contributed by atoms with Crippen molar-refractivity contribution in [3.63, 3.8) is 0 Å². The largest absolute Gasteiger partial charge is 0.441 e. The minimum absolute atomic E-state index is 0.140. The van der Waals surface area contributed by atoms with Crippen LogP contribution in [0.2, 0.25) is 0 Å². The van der Waals surface area contributed by atoms with E-state index in [1.54, 1.807) is 6.20 Å². The maximum Gasteiger partial charge on any atom is 0.267 e. The zero-order valence-corrected chi connectivity index (χ0v) is 18.3. The molecule has 1 fully saturated rings. The molecule has 1 N–H and O–H groups in total. The molecule has 1 unspecified atom stereocenters. The van der Waals surface area contributed by atoms with Gasteiger partial charge in [-0.1, -0.05) is 12.1 Å². The summed E-state index contributed by atoms with van der Waals surface area (Å²) < 4.78 is 48.1. The maximum atomic E-state index is 13.8. The van der Waals surface area contributed by atoms with Crippen molar-refractivity contribution in [2.24, 2.45) is 0 Å². The molecule has 6 nitrogen and oxygen atoms in total. The Morgan fingerprint density at radius 3 is 2.76 bits per heavy atom. The number of aromatic nitrogens is 3. The summed E-state index contributed by atoms with van der Waals surface area (Å²) in [5.74, 6) is -0.936. The number of piperidine rings is 1. The van der Waals surface area contributed by atoms with Crippen LogP contribution in [-0.4, -0.2) is 34.0 Å². The lowest BCUT2D eigenvalue weighted by atomic mass is 9.96. The molecule has 5 rings (SSSR count). The number of hydrogen-bond acceptors (Lipinski definition) is 5. The van der Waals surface area contributed by atoms with Crippen LogP contribution in [0.15, 0.2) is 69.5 Å². The first-order valence-electron chi connectivity index (χ1n) is 11.2. The molecule has 0 amide bonds. The van der Waals surface area contributed by atoms with Crippen molar-refractivity contribution in [3.05, 3.63) is 87.7 Å². The van der Waals surface area contributed by atoms with Gasteiger partial charge in [0.05, 0.1) is 18.4 Å². The number of benzene rings is 1. The molecule has 176 valence electrons. The predicted octanol–water partition coefficient (Wildman–Crippen LogP) is 4.69. The lowest BCUT2D eigenvalue weighted by Crippen LogP contribution is -2.26. The molecule has 0 bridgehead atoms. The van der Waals surface area contributed by atoms with E-state index in [0.29, 0.717) is 11.8 Å². The highest BCUT2D eigenvalue weighted by atomic mass is 19.2. The molecule has 1 aromatic carbocycles. The van der Waals surface area contributed by atoms with Gasteiger partial charge in [0.25, 0.3) is 5.56 Å². The minimum atomic E-state index is -2.06. The summed E-state index contributed by atoms with van der Waals surface area (Å²) in [6, 6.07) is 10.1. The van der Waals surface area contributed by atoms with Crippen molar-refractivity contribution in [2.45, 2.75) is 37.9 Å². The molecule has 2 aliphatic rings. The van der Waals surface area contributed by atoms with E-state index >= 15 is 0 Å². The van der Waals surface area contributed by atoms with Crippen LogP contribution >= 0.6 is 0 Å². The summed E-state index contributed by atoms with van der Waals surface area (Å²) >= 11 is 0. The van der Waals surface area contributed by atoms with Crippen molar-refractivity contribution in [1.29, 1.82) is 0 Å². The Labute approximate surface area is 193 Å². The third-order valence-electron chi connectivity index (χ3n) is 6.17. The van der Waals surface area contributed by atoms with Crippen LogP contribution in [0.4, 0.5) is 13.2 Å². The second kappa shape index (κ2) is 9.42. The number of allylic oxidation sites excluding steroid dienone is 4. The number of rotatable bonds is 5. The summed E-state index contributed by atoms with van der Waals surface area (Å²) in [4.78, 5) is 16.8. The van der Waals surface area contributed by atoms with E-state index in [1.165, 1.54) is 16.8 Å². The van der Waals surface area contributed by atoms with Crippen LogP contribution in [0.3, 0.4) is 0 Å². The topological polar surface area (TPSA) is 73.0 Å². The van der Waals surface area contributed by atoms with Gasteiger partial charge < -0.3 is 9.73 Å². The molecule has 0 saturated carbocycles. The highest BCUT2D eigenvalue weighted by molar-refractivity contribution is 5.67. The van der Waals surface area contributed by atoms with E-state index < -0.39 is 17.8 Å². The quantitative estimate of drug-likeness (QED) is 0.588. The number of nitrogens with one attached hydrogen (secondary N) is 1. The van der Waals surface area contributed by atoms with Crippen molar-refractivity contribution < 1.29 is 17.6 Å². The monoisotopic (exact) mass is 468 g/mol. The molecule has 34 heavy (non-hydrogen) atoms. The number of halogens is 3. The van der Waals surface area contributed by atoms with Gasteiger partial charge in [-0.3, -0.25) is 4.79 Å². The Balaban J connectivity index is 1.38. The lowest BCUT2D eigenvalue weighted by molar-refractivity contribution is 0.314. The van der Waals surface area contributed by atoms with Gasteiger partial charge >= 0.3 is 0 Å². The second-order valence-corrected chi connectivity index (χ2v) is 8.54. The van der Waals surface area contributed by atoms with Crippen LogP contribution in [-0.2, 0) is 6.54 Å². The van der Waals surface area contributed by atoms with E-state index in [2.05, 4.69) is 15.4 Å². The van der Waals surface area contributed by atoms with Gasteiger partial charge in [0.1, 0.15) is 5.76 Å². The zero-order chi connectivity index (χ0) is 23.7. The first-order chi connectivity index (χ1) is 16.5. The van der Waals surface area contributed by atoms with E-state index in [9.17, 15) is 18.0 Å². The van der Waals surface area contributed by atoms with Gasteiger partial charge in [-0.15, -0.1) is 0 Å². The highest BCUT2D eigenvalue weighted by Gasteiger charge is 2.26. The summed E-state index contributed by atoms with van der Waals surface area (Å²) in [5, 5.41) is 7.60. The molecular formula is C25H23F3N4O2. The second-order valence-electron chi connectivity index (χ2n) is 8.54. The van der Waals surface area contributed by atoms with Gasteiger partial charge in [0, 0.05) is 24.0 Å². The maximum absolute atomic E-state index is 13.8. The van der Waals surface area contributed by atoms with Crippen LogP contribution in [0.1, 0.15) is 42.2 Å². The molecule has 1 aliphatic carbocycles. The number of hydrogen-bond donors (Lipinski definition) is 1. The van der Waals surface area contributed by atoms with Crippen molar-refractivity contribution in [2.75, 3.05) is 13.1 Å². The van der Waals surface area contributed by atoms with E-state index in [-0.39, 0.29) is 29.8 Å². The Morgan fingerprint density at radius 2 is 1.97 bits per heavy atom. The first-order valence-corrected chi connectivity index (χ1v) is 11.2. The van der Waals surface area contributed by atoms with E-state index in [1.807, 2.05) is 24.3 Å². The fraction of sp³-hybridized carbons (Fsp3) is 0.320. The van der Waals surface area contributed by atoms with E-state index in [4.69, 9.17) is 4.42 Å². The third kappa shape index (κ3) is 4.61. The van der Waals surface area contributed by atoms with Crippen LogP contribution in [0.25, 0.3) is 17.0 Å². The van der Waals surface area contributed by atoms with Gasteiger partial charge in [0.2, 0.25) is 5.89 Å². The van der Waals surface area contributed by atoms with Crippen molar-refractivity contribution in [1.82, 2.24) is 20.1 Å². The number of oxazole rings is 1. The summed E-state index contributed by atoms with van der Waals surface area (Å²) in [7, 11) is 0. The molecular weight excluding hydrogens is 445 g/mol. The van der Waals surface area contributed by atoms with Gasteiger partial charge in [-0.05, 0) is 61.3 Å². The summed E-state index contributed by atoms with van der Waals surface area (Å²) in [6.45, 7) is 2.05. The smallest absolute Gasteiger partial charge is 0.267 e. The lowest BCUT2D eigenvalue weighted by Gasteiger charge is -2.19. The molecule has 1 saturated heterocycles. The molecule has 1 atom stereocenters. The normalized spacial score (nSPS) is 19.4. The Hall–Kier alpha value is -3.46. The number of alkyl halides is 1. The molecule has 3 aromatic rings. The number of nitrogens with zero attached hydrogens (tertiary/aromatic N) is 3. The first kappa shape index (κ1) is 22.3. The van der Waals surface area contributed by atoms with E-state index in [0.717, 1.165) is 48.9 Å².